The lowest BCUT2D eigenvalue weighted by molar-refractivity contribution is 0.100. The van der Waals surface area contributed by atoms with Crippen molar-refractivity contribution in [1.29, 1.82) is 0 Å². The van der Waals surface area contributed by atoms with E-state index in [2.05, 4.69) is 30.8 Å². The fourth-order valence-corrected chi connectivity index (χ4v) is 3.46. The molecule has 2 heterocycles. The molecule has 2 aromatic heterocycles. The fraction of sp³-hybridized carbons (Fsp3) is 0.316. The molecule has 1 aliphatic rings. The monoisotopic (exact) mass is 411 g/mol. The van der Waals surface area contributed by atoms with E-state index in [4.69, 9.17) is 11.5 Å². The maximum absolute atomic E-state index is 14.5. The second kappa shape index (κ2) is 8.41. The molecule has 6 N–H and O–H groups in total. The van der Waals surface area contributed by atoms with Crippen LogP contribution in [0.25, 0.3) is 5.69 Å². The van der Waals surface area contributed by atoms with Gasteiger partial charge in [0.1, 0.15) is 17.1 Å². The van der Waals surface area contributed by atoms with Crippen LogP contribution in [0.5, 0.6) is 0 Å². The number of amides is 1. The lowest BCUT2D eigenvalue weighted by Crippen LogP contribution is -2.43. The number of halogens is 1. The Morgan fingerprint density at radius 2 is 1.97 bits per heavy atom. The predicted molar refractivity (Wildman–Crippen MR) is 109 cm³/mol. The van der Waals surface area contributed by atoms with Crippen LogP contribution in [0, 0.1) is 5.82 Å². The third kappa shape index (κ3) is 4.20. The molecule has 0 radical (unpaired) electrons. The van der Waals surface area contributed by atoms with Crippen molar-refractivity contribution >= 4 is 23.4 Å². The molecule has 1 amide bonds. The Kier molecular flexibility index (Phi) is 5.53. The van der Waals surface area contributed by atoms with Gasteiger partial charge in [-0.15, -0.1) is 4.80 Å². The van der Waals surface area contributed by atoms with E-state index in [1.165, 1.54) is 35.5 Å². The van der Waals surface area contributed by atoms with Crippen LogP contribution in [0.15, 0.2) is 36.8 Å². The molecule has 1 fully saturated rings. The van der Waals surface area contributed by atoms with Crippen molar-refractivity contribution < 1.29 is 9.18 Å². The van der Waals surface area contributed by atoms with Crippen LogP contribution in [0.1, 0.15) is 36.0 Å². The minimum Gasteiger partial charge on any atom is -0.365 e. The standard InChI is InChI=1S/C19H22FN9O/c20-13-9-11(5-6-16(13)29-24-7-8-25-29)26-18-12(17(22)30)10-23-19(28-18)27-15-4-2-1-3-14(15)21/h5-10,14-15H,1-4,21H2,(H2,22,30)(H2,23,26,27,28)/t14-,15+/m0/s1. The number of nitrogens with one attached hydrogen (secondary N) is 2. The van der Waals surface area contributed by atoms with E-state index in [-0.39, 0.29) is 29.2 Å². The van der Waals surface area contributed by atoms with Crippen molar-refractivity contribution in [3.8, 4) is 5.69 Å². The molecule has 0 aliphatic heterocycles. The highest BCUT2D eigenvalue weighted by Gasteiger charge is 2.23. The third-order valence-electron chi connectivity index (χ3n) is 5.03. The summed E-state index contributed by atoms with van der Waals surface area (Å²) >= 11 is 0. The fourth-order valence-electron chi connectivity index (χ4n) is 3.46. The number of hydrogen-bond acceptors (Lipinski definition) is 8. The summed E-state index contributed by atoms with van der Waals surface area (Å²) in [6.07, 6.45) is 8.27. The van der Waals surface area contributed by atoms with Gasteiger partial charge in [-0.25, -0.2) is 9.37 Å². The van der Waals surface area contributed by atoms with Crippen molar-refractivity contribution in [3.63, 3.8) is 0 Å². The summed E-state index contributed by atoms with van der Waals surface area (Å²) in [5, 5.41) is 14.0. The Bertz CT molecular complexity index is 1040. The van der Waals surface area contributed by atoms with E-state index < -0.39 is 11.7 Å². The highest BCUT2D eigenvalue weighted by Crippen LogP contribution is 2.24. The number of benzene rings is 1. The summed E-state index contributed by atoms with van der Waals surface area (Å²) in [7, 11) is 0. The smallest absolute Gasteiger partial charge is 0.254 e. The Morgan fingerprint density at radius 1 is 1.20 bits per heavy atom. The molecule has 10 nitrogen and oxygen atoms in total. The Labute approximate surface area is 171 Å². The lowest BCUT2D eigenvalue weighted by atomic mass is 9.91. The van der Waals surface area contributed by atoms with Crippen molar-refractivity contribution in [1.82, 2.24) is 25.0 Å². The van der Waals surface area contributed by atoms with E-state index in [1.54, 1.807) is 6.07 Å². The first-order valence-corrected chi connectivity index (χ1v) is 9.63. The Balaban J connectivity index is 1.59. The molecule has 156 valence electrons. The zero-order valence-corrected chi connectivity index (χ0v) is 16.1. The van der Waals surface area contributed by atoms with Gasteiger partial charge in [0.15, 0.2) is 5.82 Å². The van der Waals surface area contributed by atoms with E-state index in [1.807, 2.05) is 0 Å². The topological polar surface area (TPSA) is 150 Å². The highest BCUT2D eigenvalue weighted by molar-refractivity contribution is 5.98. The van der Waals surface area contributed by atoms with Crippen molar-refractivity contribution in [2.24, 2.45) is 11.5 Å². The van der Waals surface area contributed by atoms with Crippen LogP contribution < -0.4 is 22.1 Å². The van der Waals surface area contributed by atoms with Crippen molar-refractivity contribution in [3.05, 3.63) is 48.2 Å². The number of rotatable bonds is 6. The lowest BCUT2D eigenvalue weighted by Gasteiger charge is -2.29. The molecule has 4 rings (SSSR count). The molecule has 2 atom stereocenters. The summed E-state index contributed by atoms with van der Waals surface area (Å²) in [5.74, 6) is -0.745. The maximum atomic E-state index is 14.5. The molecule has 0 saturated heterocycles. The second-order valence-electron chi connectivity index (χ2n) is 7.13. The number of nitrogens with zero attached hydrogens (tertiary/aromatic N) is 5. The highest BCUT2D eigenvalue weighted by atomic mass is 19.1. The molecule has 1 aromatic carbocycles. The minimum absolute atomic E-state index is 0.00659. The van der Waals surface area contributed by atoms with Gasteiger partial charge in [-0.2, -0.15) is 15.2 Å². The summed E-state index contributed by atoms with van der Waals surface area (Å²) < 4.78 is 14.5. The van der Waals surface area contributed by atoms with Gasteiger partial charge in [-0.1, -0.05) is 12.8 Å². The van der Waals surface area contributed by atoms with Gasteiger partial charge in [0.25, 0.3) is 5.91 Å². The van der Waals surface area contributed by atoms with Crippen LogP contribution in [0.4, 0.5) is 21.8 Å². The van der Waals surface area contributed by atoms with E-state index in [9.17, 15) is 9.18 Å². The number of nitrogens with two attached hydrogens (primary N) is 2. The van der Waals surface area contributed by atoms with Crippen LogP contribution in [0.3, 0.4) is 0 Å². The van der Waals surface area contributed by atoms with E-state index in [0.717, 1.165) is 25.7 Å². The molecule has 3 aromatic rings. The Morgan fingerprint density at radius 3 is 2.67 bits per heavy atom. The first kappa shape index (κ1) is 19.7. The second-order valence-corrected chi connectivity index (χ2v) is 7.13. The molecule has 11 heteroatoms. The van der Waals surface area contributed by atoms with Crippen LogP contribution in [-0.4, -0.2) is 43.0 Å². The average Bonchev–Trinajstić information content (AvgIpc) is 3.24. The molecule has 1 saturated carbocycles. The van der Waals surface area contributed by atoms with Gasteiger partial charge in [-0.3, -0.25) is 4.79 Å². The van der Waals surface area contributed by atoms with Gasteiger partial charge >= 0.3 is 0 Å². The quantitative estimate of drug-likeness (QED) is 0.479. The molecule has 1 aliphatic carbocycles. The van der Waals surface area contributed by atoms with Gasteiger partial charge < -0.3 is 22.1 Å². The van der Waals surface area contributed by atoms with Gasteiger partial charge in [0.2, 0.25) is 5.95 Å². The number of anilines is 3. The van der Waals surface area contributed by atoms with Crippen LogP contribution in [0.2, 0.25) is 0 Å². The minimum atomic E-state index is -0.698. The van der Waals surface area contributed by atoms with Crippen molar-refractivity contribution in [2.75, 3.05) is 10.6 Å². The number of hydrogen-bond donors (Lipinski definition) is 4. The Hall–Kier alpha value is -3.60. The zero-order chi connectivity index (χ0) is 21.1. The first-order valence-electron chi connectivity index (χ1n) is 9.63. The average molecular weight is 411 g/mol. The molecular weight excluding hydrogens is 389 g/mol. The third-order valence-corrected chi connectivity index (χ3v) is 5.03. The first-order chi connectivity index (χ1) is 14.5. The SMILES string of the molecule is NC(=O)c1cnc(N[C@@H]2CCCC[C@@H]2N)nc1Nc1ccc(-n2nccn2)c(F)c1. The van der Waals surface area contributed by atoms with E-state index >= 15 is 0 Å². The summed E-state index contributed by atoms with van der Waals surface area (Å²) in [6.45, 7) is 0. The molecule has 0 unspecified atom stereocenters. The summed E-state index contributed by atoms with van der Waals surface area (Å²) in [4.78, 5) is 21.5. The normalized spacial score (nSPS) is 18.7. The number of primary amides is 1. The largest absolute Gasteiger partial charge is 0.365 e. The summed E-state index contributed by atoms with van der Waals surface area (Å²) in [5.41, 5.74) is 12.3. The summed E-state index contributed by atoms with van der Waals surface area (Å²) in [6, 6.07) is 4.45. The number of carbonyl (C=O) groups is 1. The van der Waals surface area contributed by atoms with Crippen LogP contribution in [-0.2, 0) is 0 Å². The van der Waals surface area contributed by atoms with Crippen molar-refractivity contribution in [2.45, 2.75) is 37.8 Å². The molecule has 0 spiro atoms. The van der Waals surface area contributed by atoms with Gasteiger partial charge in [-0.05, 0) is 31.0 Å². The molecule has 0 bridgehead atoms. The predicted octanol–water partition coefficient (Wildman–Crippen LogP) is 1.72. The number of aromatic nitrogens is 5. The zero-order valence-electron chi connectivity index (χ0n) is 16.1. The number of carbonyl (C=O) groups excluding carboxylic acids is 1. The molecular formula is C19H22FN9O. The molecule has 30 heavy (non-hydrogen) atoms. The maximum Gasteiger partial charge on any atom is 0.254 e. The van der Waals surface area contributed by atoms with E-state index in [0.29, 0.717) is 11.6 Å². The van der Waals surface area contributed by atoms with Gasteiger partial charge in [0.05, 0.1) is 12.4 Å². The van der Waals surface area contributed by atoms with Gasteiger partial charge in [0, 0.05) is 24.0 Å². The van der Waals surface area contributed by atoms with Crippen LogP contribution >= 0.6 is 0 Å².